The van der Waals surface area contributed by atoms with Crippen molar-refractivity contribution in [3.05, 3.63) is 18.2 Å². The average molecular weight is 209 g/mol. The summed E-state index contributed by atoms with van der Waals surface area (Å²) in [4.78, 5) is 4.23. The molecule has 0 aliphatic carbocycles. The predicted molar refractivity (Wildman–Crippen MR) is 58.9 cm³/mol. The van der Waals surface area contributed by atoms with Crippen LogP contribution in [-0.2, 0) is 11.2 Å². The lowest BCUT2D eigenvalue weighted by atomic mass is 10.2. The van der Waals surface area contributed by atoms with E-state index in [0.717, 1.165) is 25.9 Å². The predicted octanol–water partition coefficient (Wildman–Crippen LogP) is 0.995. The molecule has 2 atom stereocenters. The molecule has 1 aromatic rings. The summed E-state index contributed by atoms with van der Waals surface area (Å²) in [5, 5.41) is 3.36. The minimum absolute atomic E-state index is 0.273. The molecule has 0 saturated carbocycles. The van der Waals surface area contributed by atoms with Crippen molar-refractivity contribution in [2.45, 2.75) is 31.9 Å². The van der Waals surface area contributed by atoms with Gasteiger partial charge in [-0.15, -0.1) is 0 Å². The van der Waals surface area contributed by atoms with Gasteiger partial charge in [-0.2, -0.15) is 0 Å². The maximum atomic E-state index is 5.47. The largest absolute Gasteiger partial charge is 0.378 e. The van der Waals surface area contributed by atoms with Crippen molar-refractivity contribution in [3.63, 3.8) is 0 Å². The van der Waals surface area contributed by atoms with Crippen LogP contribution in [0.2, 0.25) is 0 Å². The lowest BCUT2D eigenvalue weighted by Gasteiger charge is -2.20. The van der Waals surface area contributed by atoms with Gasteiger partial charge >= 0.3 is 0 Å². The van der Waals surface area contributed by atoms with E-state index >= 15 is 0 Å². The van der Waals surface area contributed by atoms with Gasteiger partial charge in [0.05, 0.1) is 18.5 Å². The van der Waals surface area contributed by atoms with Crippen LogP contribution in [0.1, 0.15) is 25.1 Å². The second-order valence-corrected chi connectivity index (χ2v) is 4.04. The van der Waals surface area contributed by atoms with Gasteiger partial charge in [-0.25, -0.2) is 4.98 Å². The highest BCUT2D eigenvalue weighted by atomic mass is 16.5. The van der Waals surface area contributed by atoms with Gasteiger partial charge < -0.3 is 14.6 Å². The molecule has 15 heavy (non-hydrogen) atoms. The Balaban J connectivity index is 2.16. The smallest absolute Gasteiger partial charge is 0.0952 e. The van der Waals surface area contributed by atoms with E-state index in [9.17, 15) is 0 Å². The number of methoxy groups -OCH3 is 1. The number of imidazole rings is 1. The highest BCUT2D eigenvalue weighted by Gasteiger charge is 2.29. The van der Waals surface area contributed by atoms with Crippen molar-refractivity contribution in [3.8, 4) is 0 Å². The molecule has 0 spiro atoms. The molecule has 1 fully saturated rings. The van der Waals surface area contributed by atoms with E-state index < -0.39 is 0 Å². The molecule has 1 aromatic heterocycles. The molecule has 1 saturated heterocycles. The summed E-state index contributed by atoms with van der Waals surface area (Å²) >= 11 is 0. The van der Waals surface area contributed by atoms with Gasteiger partial charge in [0.1, 0.15) is 0 Å². The van der Waals surface area contributed by atoms with Crippen LogP contribution in [0, 0.1) is 0 Å². The third-order valence-corrected chi connectivity index (χ3v) is 3.04. The zero-order valence-electron chi connectivity index (χ0n) is 9.44. The van der Waals surface area contributed by atoms with Gasteiger partial charge in [-0.1, -0.05) is 13.3 Å². The number of aryl methyl sites for hydroxylation is 1. The Labute approximate surface area is 90.6 Å². The van der Waals surface area contributed by atoms with E-state index in [1.54, 1.807) is 7.11 Å². The number of ether oxygens (including phenoxy) is 1. The number of hydrogen-bond donors (Lipinski definition) is 1. The molecule has 2 heterocycles. The first kappa shape index (κ1) is 10.6. The van der Waals surface area contributed by atoms with E-state index in [-0.39, 0.29) is 6.10 Å². The number of nitrogens with zero attached hydrogens (tertiary/aromatic N) is 2. The third-order valence-electron chi connectivity index (χ3n) is 3.04. The lowest BCUT2D eigenvalue weighted by molar-refractivity contribution is 0.0857. The van der Waals surface area contributed by atoms with Crippen LogP contribution in [0.4, 0.5) is 0 Å². The minimum atomic E-state index is 0.273. The molecule has 1 aliphatic rings. The SMILES string of the molecule is CCCc1cncn1C1CNC[C@@H]1OC. The highest BCUT2D eigenvalue weighted by molar-refractivity contribution is 5.03. The number of rotatable bonds is 4. The van der Waals surface area contributed by atoms with E-state index in [4.69, 9.17) is 4.74 Å². The topological polar surface area (TPSA) is 39.1 Å². The van der Waals surface area contributed by atoms with Gasteiger partial charge in [0.2, 0.25) is 0 Å². The summed E-state index contributed by atoms with van der Waals surface area (Å²) in [5.41, 5.74) is 1.31. The Morgan fingerprint density at radius 2 is 2.47 bits per heavy atom. The summed E-state index contributed by atoms with van der Waals surface area (Å²) in [5.74, 6) is 0. The molecule has 1 unspecified atom stereocenters. The van der Waals surface area contributed by atoms with Gasteiger partial charge in [0.15, 0.2) is 0 Å². The Kier molecular flexibility index (Phi) is 3.38. The molecule has 84 valence electrons. The maximum absolute atomic E-state index is 5.47. The summed E-state index contributed by atoms with van der Waals surface area (Å²) in [6.45, 7) is 4.11. The fourth-order valence-corrected chi connectivity index (χ4v) is 2.24. The van der Waals surface area contributed by atoms with Crippen molar-refractivity contribution < 1.29 is 4.74 Å². The first-order chi connectivity index (χ1) is 7.36. The van der Waals surface area contributed by atoms with Crippen LogP contribution in [-0.4, -0.2) is 35.9 Å². The summed E-state index contributed by atoms with van der Waals surface area (Å²) < 4.78 is 7.73. The lowest BCUT2D eigenvalue weighted by Crippen LogP contribution is -2.25. The zero-order valence-corrected chi connectivity index (χ0v) is 9.44. The number of nitrogens with one attached hydrogen (secondary N) is 1. The molecule has 4 heteroatoms. The van der Waals surface area contributed by atoms with Crippen molar-refractivity contribution in [1.82, 2.24) is 14.9 Å². The maximum Gasteiger partial charge on any atom is 0.0952 e. The molecule has 4 nitrogen and oxygen atoms in total. The Bertz CT molecular complexity index is 311. The number of hydrogen-bond acceptors (Lipinski definition) is 3. The van der Waals surface area contributed by atoms with Crippen LogP contribution in [0.5, 0.6) is 0 Å². The van der Waals surface area contributed by atoms with Crippen LogP contribution >= 0.6 is 0 Å². The first-order valence-electron chi connectivity index (χ1n) is 5.61. The molecule has 1 aliphatic heterocycles. The van der Waals surface area contributed by atoms with E-state index in [1.165, 1.54) is 5.69 Å². The van der Waals surface area contributed by atoms with E-state index in [0.29, 0.717) is 6.04 Å². The van der Waals surface area contributed by atoms with Gasteiger partial charge in [0.25, 0.3) is 0 Å². The van der Waals surface area contributed by atoms with Crippen LogP contribution in [0.25, 0.3) is 0 Å². The Morgan fingerprint density at radius 3 is 3.20 bits per heavy atom. The molecule has 0 aromatic carbocycles. The molecule has 2 rings (SSSR count). The normalized spacial score (nSPS) is 26.0. The summed E-state index contributed by atoms with van der Waals surface area (Å²) in [6.07, 6.45) is 6.41. The van der Waals surface area contributed by atoms with Gasteiger partial charge in [0, 0.05) is 32.1 Å². The van der Waals surface area contributed by atoms with E-state index in [2.05, 4.69) is 21.8 Å². The number of aromatic nitrogens is 2. The van der Waals surface area contributed by atoms with Crippen LogP contribution in [0.15, 0.2) is 12.5 Å². The summed E-state index contributed by atoms with van der Waals surface area (Å²) in [7, 11) is 1.78. The standard InChI is InChI=1S/C11H19N3O/c1-3-4-9-5-13-8-14(9)10-6-12-7-11(10)15-2/h5,8,10-12H,3-4,6-7H2,1-2H3/t10?,11-/m0/s1. The fourth-order valence-electron chi connectivity index (χ4n) is 2.24. The molecule has 1 N–H and O–H groups in total. The molecular weight excluding hydrogens is 190 g/mol. The van der Waals surface area contributed by atoms with Crippen molar-refractivity contribution in [2.75, 3.05) is 20.2 Å². The summed E-state index contributed by atoms with van der Waals surface area (Å²) in [6, 6.07) is 0.402. The second-order valence-electron chi connectivity index (χ2n) is 4.04. The fraction of sp³-hybridized carbons (Fsp3) is 0.727. The molecular formula is C11H19N3O. The minimum Gasteiger partial charge on any atom is -0.378 e. The Morgan fingerprint density at radius 1 is 1.60 bits per heavy atom. The van der Waals surface area contributed by atoms with Gasteiger partial charge in [-0.05, 0) is 6.42 Å². The van der Waals surface area contributed by atoms with Crippen molar-refractivity contribution in [1.29, 1.82) is 0 Å². The molecule has 0 radical (unpaired) electrons. The quantitative estimate of drug-likeness (QED) is 0.804. The van der Waals surface area contributed by atoms with Crippen molar-refractivity contribution in [2.24, 2.45) is 0 Å². The van der Waals surface area contributed by atoms with Crippen molar-refractivity contribution >= 4 is 0 Å². The Hall–Kier alpha value is -0.870. The highest BCUT2D eigenvalue weighted by Crippen LogP contribution is 2.20. The molecule has 0 amide bonds. The first-order valence-corrected chi connectivity index (χ1v) is 5.61. The van der Waals surface area contributed by atoms with Crippen LogP contribution < -0.4 is 5.32 Å². The second kappa shape index (κ2) is 4.77. The molecule has 0 bridgehead atoms. The van der Waals surface area contributed by atoms with Crippen LogP contribution in [0.3, 0.4) is 0 Å². The van der Waals surface area contributed by atoms with Gasteiger partial charge in [-0.3, -0.25) is 0 Å². The average Bonchev–Trinajstić information content (AvgIpc) is 2.84. The third kappa shape index (κ3) is 2.06. The monoisotopic (exact) mass is 209 g/mol. The zero-order chi connectivity index (χ0) is 10.7. The van der Waals surface area contributed by atoms with E-state index in [1.807, 2.05) is 12.5 Å².